The number of carbonyl (C=O) groups is 2. The molecular weight excluding hydrogens is 444 g/mol. The van der Waals surface area contributed by atoms with Crippen LogP contribution in [0.4, 0.5) is 0 Å². The molecule has 0 aliphatic rings. The van der Waals surface area contributed by atoms with Crippen LogP contribution in [0.25, 0.3) is 0 Å². The third-order valence-electron chi connectivity index (χ3n) is 5.09. The van der Waals surface area contributed by atoms with E-state index in [9.17, 15) is 9.59 Å². The second-order valence-corrected chi connectivity index (χ2v) is 8.62. The third-order valence-corrected chi connectivity index (χ3v) is 5.59. The molecule has 1 N–H and O–H groups in total. The first-order valence-electron chi connectivity index (χ1n) is 10.3. The van der Waals surface area contributed by atoms with Crippen LogP contribution in [-0.2, 0) is 16.1 Å². The summed E-state index contributed by atoms with van der Waals surface area (Å²) in [6, 6.07) is 13.0. The summed E-state index contributed by atoms with van der Waals surface area (Å²) >= 11 is 3.46. The Bertz CT molecular complexity index is 885. The molecule has 0 bridgehead atoms. The minimum absolute atomic E-state index is 0.0502. The molecule has 2 aromatic carbocycles. The van der Waals surface area contributed by atoms with E-state index in [4.69, 9.17) is 4.74 Å². The summed E-state index contributed by atoms with van der Waals surface area (Å²) in [5.74, 6) is 0.272. The quantitative estimate of drug-likeness (QED) is 0.568. The van der Waals surface area contributed by atoms with Gasteiger partial charge >= 0.3 is 0 Å². The van der Waals surface area contributed by atoms with Gasteiger partial charge in [-0.15, -0.1) is 0 Å². The summed E-state index contributed by atoms with van der Waals surface area (Å²) in [5, 5.41) is 2.97. The minimum atomic E-state index is -0.617. The van der Waals surface area contributed by atoms with Crippen molar-refractivity contribution >= 4 is 27.7 Å². The summed E-state index contributed by atoms with van der Waals surface area (Å²) in [6.07, 6.45) is 0.827. The van der Waals surface area contributed by atoms with Crippen LogP contribution in [0.5, 0.6) is 5.75 Å². The number of aryl methyl sites for hydroxylation is 2. The molecule has 0 unspecified atom stereocenters. The van der Waals surface area contributed by atoms with Gasteiger partial charge in [-0.25, -0.2) is 0 Å². The summed E-state index contributed by atoms with van der Waals surface area (Å²) in [7, 11) is 0. The normalized spacial score (nSPS) is 12.7. The summed E-state index contributed by atoms with van der Waals surface area (Å²) in [5.41, 5.74) is 3.05. The summed E-state index contributed by atoms with van der Waals surface area (Å²) in [6.45, 7) is 9.88. The van der Waals surface area contributed by atoms with Crippen molar-refractivity contribution in [1.82, 2.24) is 10.2 Å². The standard InChI is InChI=1S/C24H31BrN2O3/c1-6-18(4)26-24(29)19(5)27(14-20-8-7-9-21(25)13-20)23(28)15-30-22-11-10-16(2)12-17(22)3/h7-13,18-19H,6,14-15H2,1-5H3,(H,26,29)/t18-,19+/m0/s1. The average molecular weight is 475 g/mol. The first-order chi connectivity index (χ1) is 14.2. The maximum Gasteiger partial charge on any atom is 0.261 e. The number of nitrogens with one attached hydrogen (secondary N) is 1. The molecule has 0 saturated heterocycles. The number of hydrogen-bond acceptors (Lipinski definition) is 3. The van der Waals surface area contributed by atoms with Gasteiger partial charge in [0, 0.05) is 17.1 Å². The number of benzene rings is 2. The third kappa shape index (κ3) is 6.87. The molecule has 30 heavy (non-hydrogen) atoms. The molecular formula is C24H31BrN2O3. The van der Waals surface area contributed by atoms with Gasteiger partial charge in [-0.3, -0.25) is 9.59 Å². The molecule has 2 amide bonds. The van der Waals surface area contributed by atoms with Crippen LogP contribution in [-0.4, -0.2) is 35.4 Å². The SMILES string of the molecule is CC[C@H](C)NC(=O)[C@@H](C)N(Cc1cccc(Br)c1)C(=O)COc1ccc(C)cc1C. The monoisotopic (exact) mass is 474 g/mol. The van der Waals surface area contributed by atoms with Gasteiger partial charge in [-0.05, 0) is 63.4 Å². The van der Waals surface area contributed by atoms with Gasteiger partial charge in [0.1, 0.15) is 11.8 Å². The van der Waals surface area contributed by atoms with Crippen molar-refractivity contribution in [3.8, 4) is 5.75 Å². The number of rotatable bonds is 9. The topological polar surface area (TPSA) is 58.6 Å². The van der Waals surface area contributed by atoms with E-state index >= 15 is 0 Å². The molecule has 2 aromatic rings. The Kier molecular flexibility index (Phi) is 8.90. The van der Waals surface area contributed by atoms with Crippen molar-refractivity contribution in [3.05, 3.63) is 63.6 Å². The van der Waals surface area contributed by atoms with E-state index in [1.807, 2.05) is 70.2 Å². The molecule has 0 radical (unpaired) electrons. The molecule has 0 spiro atoms. The van der Waals surface area contributed by atoms with Crippen molar-refractivity contribution in [3.63, 3.8) is 0 Å². The smallest absolute Gasteiger partial charge is 0.261 e. The zero-order valence-corrected chi connectivity index (χ0v) is 20.0. The molecule has 0 fully saturated rings. The second-order valence-electron chi connectivity index (χ2n) is 7.70. The fraction of sp³-hybridized carbons (Fsp3) is 0.417. The van der Waals surface area contributed by atoms with E-state index in [0.29, 0.717) is 12.3 Å². The molecule has 2 rings (SSSR count). The van der Waals surface area contributed by atoms with Crippen molar-refractivity contribution in [2.45, 2.75) is 59.7 Å². The fourth-order valence-corrected chi connectivity index (χ4v) is 3.51. The zero-order valence-electron chi connectivity index (χ0n) is 18.4. The highest BCUT2D eigenvalue weighted by molar-refractivity contribution is 9.10. The Labute approximate surface area is 187 Å². The molecule has 0 aromatic heterocycles. The predicted octanol–water partition coefficient (Wildman–Crippen LogP) is 4.78. The van der Waals surface area contributed by atoms with Crippen molar-refractivity contribution < 1.29 is 14.3 Å². The van der Waals surface area contributed by atoms with Gasteiger partial charge in [-0.1, -0.05) is 52.7 Å². The van der Waals surface area contributed by atoms with E-state index in [2.05, 4.69) is 21.2 Å². The average Bonchev–Trinajstić information content (AvgIpc) is 2.70. The van der Waals surface area contributed by atoms with Crippen LogP contribution >= 0.6 is 15.9 Å². The maximum absolute atomic E-state index is 13.1. The van der Waals surface area contributed by atoms with Gasteiger partial charge in [-0.2, -0.15) is 0 Å². The molecule has 0 aliphatic heterocycles. The van der Waals surface area contributed by atoms with Crippen LogP contribution in [0.3, 0.4) is 0 Å². The molecule has 162 valence electrons. The lowest BCUT2D eigenvalue weighted by molar-refractivity contribution is -0.142. The molecule has 5 nitrogen and oxygen atoms in total. The largest absolute Gasteiger partial charge is 0.483 e. The van der Waals surface area contributed by atoms with Crippen LogP contribution in [0.15, 0.2) is 46.9 Å². The van der Waals surface area contributed by atoms with Crippen LogP contribution in [0.1, 0.15) is 43.9 Å². The molecule has 0 heterocycles. The number of nitrogens with zero attached hydrogens (tertiary/aromatic N) is 1. The Morgan fingerprint density at radius 1 is 1.13 bits per heavy atom. The molecule has 0 saturated carbocycles. The van der Waals surface area contributed by atoms with Gasteiger partial charge in [0.2, 0.25) is 5.91 Å². The predicted molar refractivity (Wildman–Crippen MR) is 123 cm³/mol. The second kappa shape index (κ2) is 11.2. The Morgan fingerprint density at radius 2 is 1.87 bits per heavy atom. The first kappa shape index (κ1) is 23.9. The van der Waals surface area contributed by atoms with Crippen molar-refractivity contribution in [1.29, 1.82) is 0 Å². The molecule has 2 atom stereocenters. The Morgan fingerprint density at radius 3 is 2.50 bits per heavy atom. The van der Waals surface area contributed by atoms with Gasteiger partial charge in [0.05, 0.1) is 0 Å². The van der Waals surface area contributed by atoms with Crippen LogP contribution < -0.4 is 10.1 Å². The van der Waals surface area contributed by atoms with E-state index in [-0.39, 0.29) is 24.5 Å². The van der Waals surface area contributed by atoms with Crippen LogP contribution in [0.2, 0.25) is 0 Å². The van der Waals surface area contributed by atoms with Gasteiger partial charge < -0.3 is 15.0 Å². The highest BCUT2D eigenvalue weighted by Crippen LogP contribution is 2.20. The number of ether oxygens (including phenoxy) is 1. The lowest BCUT2D eigenvalue weighted by Crippen LogP contribution is -2.50. The molecule has 6 heteroatoms. The summed E-state index contributed by atoms with van der Waals surface area (Å²) < 4.78 is 6.72. The Balaban J connectivity index is 2.18. The highest BCUT2D eigenvalue weighted by atomic mass is 79.9. The number of hydrogen-bond donors (Lipinski definition) is 1. The van der Waals surface area contributed by atoms with Gasteiger partial charge in [0.25, 0.3) is 5.91 Å². The minimum Gasteiger partial charge on any atom is -0.483 e. The van der Waals surface area contributed by atoms with E-state index < -0.39 is 6.04 Å². The maximum atomic E-state index is 13.1. The van der Waals surface area contributed by atoms with E-state index in [0.717, 1.165) is 27.6 Å². The molecule has 0 aliphatic carbocycles. The first-order valence-corrected chi connectivity index (χ1v) is 11.0. The fourth-order valence-electron chi connectivity index (χ4n) is 3.06. The van der Waals surface area contributed by atoms with E-state index in [1.54, 1.807) is 11.8 Å². The number of halogens is 1. The van der Waals surface area contributed by atoms with Crippen molar-refractivity contribution in [2.24, 2.45) is 0 Å². The van der Waals surface area contributed by atoms with Crippen LogP contribution in [0, 0.1) is 13.8 Å². The lowest BCUT2D eigenvalue weighted by atomic mass is 10.1. The van der Waals surface area contributed by atoms with E-state index in [1.165, 1.54) is 0 Å². The summed E-state index contributed by atoms with van der Waals surface area (Å²) in [4.78, 5) is 27.4. The highest BCUT2D eigenvalue weighted by Gasteiger charge is 2.27. The lowest BCUT2D eigenvalue weighted by Gasteiger charge is -2.29. The van der Waals surface area contributed by atoms with Gasteiger partial charge in [0.15, 0.2) is 6.61 Å². The number of carbonyl (C=O) groups excluding carboxylic acids is 2. The number of amides is 2. The van der Waals surface area contributed by atoms with Crippen molar-refractivity contribution in [2.75, 3.05) is 6.61 Å². The zero-order chi connectivity index (χ0) is 22.3. The Hall–Kier alpha value is -2.34.